The molecule has 0 spiro atoms. The molecule has 2 heterocycles. The first-order valence-electron chi connectivity index (χ1n) is 5.72. The second-order valence-corrected chi connectivity index (χ2v) is 6.24. The average Bonchev–Trinajstić information content (AvgIpc) is 2.78. The van der Waals surface area contributed by atoms with Gasteiger partial charge >= 0.3 is 6.09 Å². The van der Waals surface area contributed by atoms with Gasteiger partial charge in [0.15, 0.2) is 0 Å². The van der Waals surface area contributed by atoms with Crippen LogP contribution >= 0.6 is 28.1 Å². The van der Waals surface area contributed by atoms with Crippen molar-refractivity contribution in [3.8, 4) is 5.88 Å². The summed E-state index contributed by atoms with van der Waals surface area (Å²) in [4.78, 5) is 25.0. The number of halogens is 1. The maximum atomic E-state index is 11.1. The summed E-state index contributed by atoms with van der Waals surface area (Å²) in [6.45, 7) is 0.620. The topological polar surface area (TPSA) is 109 Å². The molecule has 0 saturated carbocycles. The molecule has 1 aromatic rings. The first-order valence-corrected chi connectivity index (χ1v) is 7.25. The van der Waals surface area contributed by atoms with Gasteiger partial charge in [-0.3, -0.25) is 10.1 Å². The Balaban J connectivity index is 2.03. The number of nitro groups is 1. The van der Waals surface area contributed by atoms with Crippen molar-refractivity contribution in [3.05, 3.63) is 26.9 Å². The molecule has 11 heteroatoms. The Hall–Kier alpha value is -1.59. The van der Waals surface area contributed by atoms with Crippen molar-refractivity contribution < 1.29 is 19.6 Å². The molecule has 1 saturated heterocycles. The van der Waals surface area contributed by atoms with Crippen LogP contribution in [0.1, 0.15) is 0 Å². The number of hydrogen-bond acceptors (Lipinski definition) is 7. The minimum Gasteiger partial charge on any atom is -0.475 e. The molecular formula is C10H11BrN4O5S. The largest absolute Gasteiger partial charge is 0.475 e. The number of ether oxygens (including phenoxy) is 1. The normalized spacial score (nSPS) is 18.8. The van der Waals surface area contributed by atoms with E-state index in [1.54, 1.807) is 11.4 Å². The lowest BCUT2D eigenvalue weighted by Gasteiger charge is -2.18. The Labute approximate surface area is 132 Å². The van der Waals surface area contributed by atoms with Gasteiger partial charge in [-0.1, -0.05) is 0 Å². The third-order valence-corrected chi connectivity index (χ3v) is 4.26. The number of aromatic nitrogens is 1. The van der Waals surface area contributed by atoms with E-state index in [-0.39, 0.29) is 24.2 Å². The molecule has 0 bridgehead atoms. The summed E-state index contributed by atoms with van der Waals surface area (Å²) in [6, 6.07) is 0.939. The first-order chi connectivity index (χ1) is 9.88. The van der Waals surface area contributed by atoms with Gasteiger partial charge in [-0.25, -0.2) is 18.4 Å². The molecular weight excluding hydrogens is 368 g/mol. The highest BCUT2D eigenvalue weighted by atomic mass is 79.9. The van der Waals surface area contributed by atoms with Crippen molar-refractivity contribution in [2.45, 2.75) is 6.04 Å². The highest BCUT2D eigenvalue weighted by Gasteiger charge is 2.34. The monoisotopic (exact) mass is 378 g/mol. The number of pyridine rings is 1. The van der Waals surface area contributed by atoms with Gasteiger partial charge in [0.1, 0.15) is 12.8 Å². The van der Waals surface area contributed by atoms with Gasteiger partial charge in [-0.15, -0.1) is 0 Å². The molecule has 1 atom stereocenters. The summed E-state index contributed by atoms with van der Waals surface area (Å²) < 4.78 is 8.78. The van der Waals surface area contributed by atoms with Crippen LogP contribution < -0.4 is 4.74 Å². The fourth-order valence-electron chi connectivity index (χ4n) is 1.73. The van der Waals surface area contributed by atoms with Gasteiger partial charge in [0.2, 0.25) is 5.88 Å². The molecule has 1 aromatic heterocycles. The van der Waals surface area contributed by atoms with Gasteiger partial charge in [0.05, 0.1) is 15.4 Å². The highest BCUT2D eigenvalue weighted by Crippen LogP contribution is 2.29. The van der Waals surface area contributed by atoms with E-state index >= 15 is 0 Å². The van der Waals surface area contributed by atoms with Crippen molar-refractivity contribution in [1.29, 1.82) is 0 Å². The van der Waals surface area contributed by atoms with Gasteiger partial charge in [0, 0.05) is 24.7 Å². The maximum absolute atomic E-state index is 11.1. The van der Waals surface area contributed by atoms with Crippen molar-refractivity contribution in [2.24, 2.45) is 0 Å². The second kappa shape index (κ2) is 6.45. The molecule has 21 heavy (non-hydrogen) atoms. The Morgan fingerprint density at radius 3 is 3.05 bits per heavy atom. The molecule has 1 amide bonds. The molecule has 0 aromatic carbocycles. The average molecular weight is 379 g/mol. The molecule has 0 aliphatic carbocycles. The van der Waals surface area contributed by atoms with Crippen LogP contribution in [-0.4, -0.2) is 56.0 Å². The lowest BCUT2D eigenvalue weighted by atomic mass is 10.3. The van der Waals surface area contributed by atoms with Gasteiger partial charge in [0.25, 0.3) is 5.69 Å². The zero-order valence-electron chi connectivity index (χ0n) is 10.8. The summed E-state index contributed by atoms with van der Waals surface area (Å²) in [7, 11) is 1.78. The van der Waals surface area contributed by atoms with E-state index in [0.717, 1.165) is 18.3 Å². The summed E-state index contributed by atoms with van der Waals surface area (Å²) in [6.07, 6.45) is 0.0404. The SMILES string of the molecule is CN1CC(COc2ncc([N+](=O)[O-])cc2Br)N(C(=O)O)S1. The maximum Gasteiger partial charge on any atom is 0.418 e. The summed E-state index contributed by atoms with van der Waals surface area (Å²) in [5.74, 6) is 0.186. The number of rotatable bonds is 4. The summed E-state index contributed by atoms with van der Waals surface area (Å²) in [5, 5.41) is 19.7. The third kappa shape index (κ3) is 3.74. The Morgan fingerprint density at radius 1 is 1.76 bits per heavy atom. The van der Waals surface area contributed by atoms with E-state index in [9.17, 15) is 14.9 Å². The molecule has 0 radical (unpaired) electrons. The van der Waals surface area contributed by atoms with E-state index in [0.29, 0.717) is 11.0 Å². The highest BCUT2D eigenvalue weighted by molar-refractivity contribution is 9.10. The molecule has 1 unspecified atom stereocenters. The van der Waals surface area contributed by atoms with Crippen molar-refractivity contribution in [3.63, 3.8) is 0 Å². The number of nitrogens with zero attached hydrogens (tertiary/aromatic N) is 4. The molecule has 114 valence electrons. The predicted octanol–water partition coefficient (Wildman–Crippen LogP) is 1.99. The molecule has 9 nitrogen and oxygen atoms in total. The Bertz CT molecular complexity index is 574. The Morgan fingerprint density at radius 2 is 2.48 bits per heavy atom. The van der Waals surface area contributed by atoms with E-state index < -0.39 is 11.0 Å². The number of amides is 1. The first kappa shape index (κ1) is 15.8. The lowest BCUT2D eigenvalue weighted by Crippen LogP contribution is -2.36. The van der Waals surface area contributed by atoms with Gasteiger partial charge in [-0.2, -0.15) is 0 Å². The summed E-state index contributed by atoms with van der Waals surface area (Å²) in [5.41, 5.74) is -0.155. The van der Waals surface area contributed by atoms with Gasteiger partial charge < -0.3 is 9.84 Å². The van der Waals surface area contributed by atoms with Crippen LogP contribution in [0.3, 0.4) is 0 Å². The number of carboxylic acid groups (broad SMARTS) is 1. The fraction of sp³-hybridized carbons (Fsp3) is 0.400. The third-order valence-electron chi connectivity index (χ3n) is 2.63. The predicted molar refractivity (Wildman–Crippen MR) is 78.0 cm³/mol. The van der Waals surface area contributed by atoms with Crippen LogP contribution in [-0.2, 0) is 0 Å². The molecule has 1 N–H and O–H groups in total. The van der Waals surface area contributed by atoms with E-state index in [2.05, 4.69) is 20.9 Å². The van der Waals surface area contributed by atoms with Crippen LogP contribution in [0.4, 0.5) is 10.5 Å². The van der Waals surface area contributed by atoms with Gasteiger partial charge in [-0.05, 0) is 23.0 Å². The molecule has 1 aliphatic rings. The molecule has 1 aliphatic heterocycles. The minimum absolute atomic E-state index is 0.104. The standard InChI is InChI=1S/C10H11BrN4O5S/c1-13-4-7(14(21-13)10(16)17)5-20-9-8(11)2-6(3-12-9)15(18)19/h2-3,7H,4-5H2,1H3,(H,16,17). The fourth-order valence-corrected chi connectivity index (χ4v) is 3.05. The lowest BCUT2D eigenvalue weighted by molar-refractivity contribution is -0.385. The van der Waals surface area contributed by atoms with Crippen molar-refractivity contribution >= 4 is 39.8 Å². The second-order valence-electron chi connectivity index (χ2n) is 4.20. The van der Waals surface area contributed by atoms with E-state index in [4.69, 9.17) is 9.84 Å². The smallest absolute Gasteiger partial charge is 0.418 e. The van der Waals surface area contributed by atoms with Crippen LogP contribution in [0.2, 0.25) is 0 Å². The van der Waals surface area contributed by atoms with Crippen molar-refractivity contribution in [2.75, 3.05) is 20.2 Å². The van der Waals surface area contributed by atoms with Crippen molar-refractivity contribution in [1.82, 2.24) is 13.6 Å². The Kier molecular flexibility index (Phi) is 4.85. The number of carbonyl (C=O) groups is 1. The number of hydrogen-bond donors (Lipinski definition) is 1. The van der Waals surface area contributed by atoms with E-state index in [1.807, 2.05) is 0 Å². The van der Waals surface area contributed by atoms with Crippen LogP contribution in [0.5, 0.6) is 5.88 Å². The van der Waals surface area contributed by atoms with E-state index in [1.165, 1.54) is 10.4 Å². The zero-order chi connectivity index (χ0) is 15.6. The number of likely N-dealkylation sites (N-methyl/N-ethyl adjacent to an activating group) is 1. The summed E-state index contributed by atoms with van der Waals surface area (Å²) >= 11 is 4.24. The minimum atomic E-state index is -1.05. The van der Waals surface area contributed by atoms with Crippen LogP contribution in [0.25, 0.3) is 0 Å². The van der Waals surface area contributed by atoms with Crippen LogP contribution in [0.15, 0.2) is 16.7 Å². The quantitative estimate of drug-likeness (QED) is 0.481. The zero-order valence-corrected chi connectivity index (χ0v) is 13.2. The molecule has 2 rings (SSSR count). The van der Waals surface area contributed by atoms with Crippen LogP contribution in [0, 0.1) is 10.1 Å². The molecule has 1 fully saturated rings.